The lowest BCUT2D eigenvalue weighted by atomic mass is 9.33. The van der Waals surface area contributed by atoms with Crippen LogP contribution in [0.3, 0.4) is 0 Å². The average Bonchev–Trinajstić information content (AvgIpc) is 1.15. The summed E-state index contributed by atoms with van der Waals surface area (Å²) in [6, 6.07) is 57.1. The summed E-state index contributed by atoms with van der Waals surface area (Å²) in [6.45, 7) is 19.4. The Kier molecular flexibility index (Phi) is 9.53. The van der Waals surface area contributed by atoms with Crippen molar-refractivity contribution in [1.29, 1.82) is 0 Å². The molecule has 2 aliphatic heterocycles. The van der Waals surface area contributed by atoms with Gasteiger partial charge in [-0.05, 0) is 143 Å². The molecule has 430 valence electrons. The third kappa shape index (κ3) is 8.80. The lowest BCUT2D eigenvalue weighted by molar-refractivity contribution is 0.590. The summed E-state index contributed by atoms with van der Waals surface area (Å²) in [7, 11) is 0. The number of anilines is 6. The first-order chi connectivity index (χ1) is 48.5. The first kappa shape index (κ1) is 41.9. The maximum absolute atomic E-state index is 9.51. The van der Waals surface area contributed by atoms with Crippen molar-refractivity contribution in [2.24, 2.45) is 0 Å². The number of aromatic nitrogens is 1. The van der Waals surface area contributed by atoms with Gasteiger partial charge in [0.2, 0.25) is 0 Å². The molecule has 89 heavy (non-hydrogen) atoms. The van der Waals surface area contributed by atoms with Crippen LogP contribution in [0.25, 0.3) is 93.9 Å². The predicted octanol–water partition coefficient (Wildman–Crippen LogP) is 21.3. The van der Waals surface area contributed by atoms with Gasteiger partial charge < -0.3 is 18.8 Å². The number of fused-ring (bicyclic) bond motifs is 10. The van der Waals surface area contributed by atoms with E-state index in [1.165, 1.54) is 4.57 Å². The Hall–Kier alpha value is -10.1. The van der Waals surface area contributed by atoms with Gasteiger partial charge >= 0.3 is 0 Å². The molecule has 2 aromatic heterocycles. The van der Waals surface area contributed by atoms with Crippen molar-refractivity contribution < 1.29 is 22.2 Å². The molecule has 0 fully saturated rings. The molecule has 0 atom stereocenters. The molecule has 4 nitrogen and oxygen atoms in total. The van der Waals surface area contributed by atoms with E-state index in [2.05, 4.69) is 193 Å². The average molecular weight is 1160 g/mol. The molecular weight excluding hydrogens is 1080 g/mol. The molecule has 0 saturated heterocycles. The van der Waals surface area contributed by atoms with E-state index >= 15 is 0 Å². The Morgan fingerprint density at radius 3 is 1.46 bits per heavy atom. The van der Waals surface area contributed by atoms with E-state index in [0.29, 0.717) is 38.9 Å². The molecule has 0 radical (unpaired) electrons. The van der Waals surface area contributed by atoms with Crippen LogP contribution in [0.2, 0.25) is 0 Å². The van der Waals surface area contributed by atoms with Crippen molar-refractivity contribution in [2.45, 2.75) is 78.6 Å². The van der Waals surface area contributed by atoms with Crippen LogP contribution < -0.4 is 26.2 Å². The van der Waals surface area contributed by atoms with Crippen LogP contribution in [0.5, 0.6) is 0 Å². The molecule has 0 unspecified atom stereocenters. The Balaban J connectivity index is 1.07. The number of rotatable bonds is 7. The molecule has 0 N–H and O–H groups in total. The Bertz CT molecular complexity index is 5800. The highest BCUT2D eigenvalue weighted by Gasteiger charge is 2.46. The van der Waals surface area contributed by atoms with E-state index in [-0.39, 0.29) is 50.3 Å². The summed E-state index contributed by atoms with van der Waals surface area (Å²) in [5.41, 5.74) is 17.2. The fraction of sp³-hybridized carbons (Fsp3) is 0.143. The highest BCUT2D eigenvalue weighted by molar-refractivity contribution is 7.00. The Morgan fingerprint density at radius 2 is 0.843 bits per heavy atom. The van der Waals surface area contributed by atoms with Crippen molar-refractivity contribution in [1.82, 2.24) is 4.57 Å². The first-order valence-corrected chi connectivity index (χ1v) is 30.5. The van der Waals surface area contributed by atoms with Gasteiger partial charge in [-0.15, -0.1) is 0 Å². The van der Waals surface area contributed by atoms with Crippen LogP contribution in [0, 0.1) is 0 Å². The number of hydrogen-bond acceptors (Lipinski definition) is 3. The molecule has 0 spiro atoms. The van der Waals surface area contributed by atoms with E-state index in [9.17, 15) is 8.22 Å². The van der Waals surface area contributed by atoms with Crippen molar-refractivity contribution in [3.8, 4) is 50.2 Å². The monoisotopic (exact) mass is 1160 g/mol. The van der Waals surface area contributed by atoms with Crippen molar-refractivity contribution >= 4 is 101 Å². The summed E-state index contributed by atoms with van der Waals surface area (Å²) >= 11 is 0. The van der Waals surface area contributed by atoms with Crippen LogP contribution in [0.1, 0.15) is 96.8 Å². The molecule has 0 saturated carbocycles. The predicted molar refractivity (Wildman–Crippen MR) is 380 cm³/mol. The minimum Gasteiger partial charge on any atom is -0.452 e. The van der Waals surface area contributed by atoms with Gasteiger partial charge in [-0.2, -0.15) is 0 Å². The number of para-hydroxylation sites is 4. The van der Waals surface area contributed by atoms with Gasteiger partial charge in [0.15, 0.2) is 11.2 Å². The van der Waals surface area contributed by atoms with Gasteiger partial charge in [-0.1, -0.05) is 262 Å². The molecule has 14 aromatic rings. The fourth-order valence-electron chi connectivity index (χ4n) is 13.6. The SMILES string of the molecule is [2H]c1c([2H])c([2H])c(-c2ccc3c(c2)B2c4ccc(-c5cccc(C(C)(C)C)c5)cc4N(c4cccc5c4oc4c(-n6c7c([2H])c([2H])c([2H])c([2H])c7c7c([2H])c([2H])c([2H])c([2H])c76)cccc45)c4cc(C(C)(C)C)cc(c42)N3c2c(-c3ccccc3)cc(C(C)(C)C)cc2-c2ccccc2)c([2H])c1[2H]. The van der Waals surface area contributed by atoms with Gasteiger partial charge in [0.25, 0.3) is 6.71 Å². The van der Waals surface area contributed by atoms with Crippen LogP contribution >= 0.6 is 0 Å². The van der Waals surface area contributed by atoms with Gasteiger partial charge in [-0.25, -0.2) is 0 Å². The van der Waals surface area contributed by atoms with E-state index in [1.807, 2.05) is 54.6 Å². The number of furan rings is 1. The molecule has 0 bridgehead atoms. The Labute approximate surface area is 541 Å². The van der Waals surface area contributed by atoms with Gasteiger partial charge in [0, 0.05) is 55.4 Å². The zero-order chi connectivity index (χ0) is 72.0. The second kappa shape index (κ2) is 20.2. The first-order valence-electron chi connectivity index (χ1n) is 37.0. The van der Waals surface area contributed by atoms with Crippen LogP contribution in [-0.4, -0.2) is 11.3 Å². The molecule has 16 rings (SSSR count). The zero-order valence-electron chi connectivity index (χ0n) is 64.1. The van der Waals surface area contributed by atoms with Crippen molar-refractivity contribution in [2.75, 3.05) is 9.80 Å². The van der Waals surface area contributed by atoms with Gasteiger partial charge in [0.05, 0.1) is 45.9 Å². The Morgan fingerprint density at radius 1 is 0.337 bits per heavy atom. The minimum absolute atomic E-state index is 0.0284. The van der Waals surface area contributed by atoms with Gasteiger partial charge in [-0.3, -0.25) is 0 Å². The molecule has 12 aromatic carbocycles. The maximum Gasteiger partial charge on any atom is 0.252 e. The summed E-state index contributed by atoms with van der Waals surface area (Å²) in [6.07, 6.45) is 0. The summed E-state index contributed by atoms with van der Waals surface area (Å²) in [5, 5.41) is 1.24. The third-order valence-electron chi connectivity index (χ3n) is 18.2. The smallest absolute Gasteiger partial charge is 0.252 e. The molecule has 0 amide bonds. The molecular formula is C84H70BN3O. The van der Waals surface area contributed by atoms with Crippen LogP contribution in [-0.2, 0) is 16.2 Å². The molecule has 0 aliphatic carbocycles. The van der Waals surface area contributed by atoms with Crippen molar-refractivity contribution in [3.05, 3.63) is 277 Å². The summed E-state index contributed by atoms with van der Waals surface area (Å²) in [4.78, 5) is 4.71. The quantitative estimate of drug-likeness (QED) is 0.149. The van der Waals surface area contributed by atoms with Crippen LogP contribution in [0.4, 0.5) is 34.1 Å². The van der Waals surface area contributed by atoms with Gasteiger partial charge in [0.1, 0.15) is 0 Å². The second-order valence-electron chi connectivity index (χ2n) is 26.8. The second-order valence-corrected chi connectivity index (χ2v) is 26.8. The third-order valence-corrected chi connectivity index (χ3v) is 18.2. The van der Waals surface area contributed by atoms with Crippen molar-refractivity contribution in [3.63, 3.8) is 0 Å². The highest BCUT2D eigenvalue weighted by atomic mass is 16.3. The summed E-state index contributed by atoms with van der Waals surface area (Å²) in [5.74, 6) is 0. The standard InChI is InChI=1S/C84H70BN3O/c1-82(2,3)59-33-23-32-56(46-59)58-42-44-68-75(48-58)87(74-41-25-37-65-64-36-24-40-73(80(64)89-81(65)74)86-70-38-21-19-34-62(70)63-35-20-22-39-71(63)86)76-51-61(84(7,8)9)52-77-78(76)85(68)69-47-57(53-26-13-10-14-27-53)43-45-72(69)88(77)79-66(54-28-15-11-16-29-54)49-60(83(4,5)6)50-67(79)55-30-17-12-18-31-55/h10-52H,1-9H3/i10D,13D,14D,19D,20D,21D,22D,26D,27D,34D,35D,38D,39D. The maximum atomic E-state index is 9.51. The molecule has 4 heterocycles. The topological polar surface area (TPSA) is 24.6 Å². The van der Waals surface area contributed by atoms with Crippen LogP contribution in [0.15, 0.2) is 265 Å². The number of benzene rings is 12. The molecule has 5 heteroatoms. The summed E-state index contributed by atoms with van der Waals surface area (Å²) < 4.78 is 128. The van der Waals surface area contributed by atoms with E-state index in [1.54, 1.807) is 6.07 Å². The van der Waals surface area contributed by atoms with E-state index in [4.69, 9.17) is 14.0 Å². The minimum atomic E-state index is -0.577. The van der Waals surface area contributed by atoms with E-state index < -0.39 is 78.6 Å². The zero-order valence-corrected chi connectivity index (χ0v) is 51.1. The lowest BCUT2D eigenvalue weighted by Gasteiger charge is -2.46. The highest BCUT2D eigenvalue weighted by Crippen LogP contribution is 2.54. The normalized spacial score (nSPS) is 15.2. The van der Waals surface area contributed by atoms with E-state index in [0.717, 1.165) is 94.9 Å². The fourth-order valence-corrected chi connectivity index (χ4v) is 13.6. The number of nitrogens with zero attached hydrogens (tertiary/aromatic N) is 3. The lowest BCUT2D eigenvalue weighted by Crippen LogP contribution is -2.61. The number of hydrogen-bond donors (Lipinski definition) is 0. The largest absolute Gasteiger partial charge is 0.452 e. The molecule has 2 aliphatic rings.